The van der Waals surface area contributed by atoms with E-state index in [4.69, 9.17) is 14.4 Å². The Morgan fingerprint density at radius 3 is 2.65 bits per heavy atom. The summed E-state index contributed by atoms with van der Waals surface area (Å²) in [6.45, 7) is 1.11. The van der Waals surface area contributed by atoms with Crippen LogP contribution in [0.5, 0.6) is 0 Å². The van der Waals surface area contributed by atoms with Crippen molar-refractivity contribution in [3.8, 4) is 0 Å². The van der Waals surface area contributed by atoms with Crippen LogP contribution >= 0.6 is 0 Å². The normalized spacial score (nSPS) is 17.4. The highest BCUT2D eigenvalue weighted by atomic mass is 32.2. The molecular weight excluding hydrogens is 288 g/mol. The van der Waals surface area contributed by atoms with Crippen molar-refractivity contribution in [3.63, 3.8) is 0 Å². The van der Waals surface area contributed by atoms with Gasteiger partial charge in [0.05, 0.1) is 0 Å². The van der Waals surface area contributed by atoms with Crippen LogP contribution in [-0.2, 0) is 21.6 Å². The molecule has 0 aromatic carbocycles. The topological polar surface area (TPSA) is 119 Å². The third kappa shape index (κ3) is 3.33. The molecular formula is C10H16N4O5S. The van der Waals surface area contributed by atoms with E-state index in [2.05, 4.69) is 5.16 Å². The molecule has 0 saturated carbocycles. The van der Waals surface area contributed by atoms with Gasteiger partial charge in [0, 0.05) is 39.4 Å². The summed E-state index contributed by atoms with van der Waals surface area (Å²) in [5.41, 5.74) is 0.182. The maximum absolute atomic E-state index is 12.1. The van der Waals surface area contributed by atoms with E-state index in [0.717, 1.165) is 4.31 Å². The second-order valence-electron chi connectivity index (χ2n) is 4.35. The predicted octanol–water partition coefficient (Wildman–Crippen LogP) is -1.22. The van der Waals surface area contributed by atoms with Gasteiger partial charge in [0.25, 0.3) is 16.1 Å². The van der Waals surface area contributed by atoms with Gasteiger partial charge < -0.3 is 14.2 Å². The monoisotopic (exact) mass is 304 g/mol. The number of carbonyl (C=O) groups excluding carboxylic acids is 1. The van der Waals surface area contributed by atoms with Gasteiger partial charge in [-0.15, -0.1) is 0 Å². The lowest BCUT2D eigenvalue weighted by molar-refractivity contribution is 0.0687. The molecule has 0 atom stereocenters. The largest absolute Gasteiger partial charge is 0.377 e. The van der Waals surface area contributed by atoms with Crippen LogP contribution in [0.25, 0.3) is 0 Å². The molecule has 0 aliphatic carbocycles. The maximum Gasteiger partial charge on any atom is 0.277 e. The van der Waals surface area contributed by atoms with Crippen LogP contribution in [0.1, 0.15) is 16.2 Å². The fraction of sp³-hybridized carbons (Fsp3) is 0.600. The average Bonchev–Trinajstić information content (AvgIpc) is 2.86. The molecule has 2 heterocycles. The first kappa shape index (κ1) is 14.9. The molecule has 1 amide bonds. The predicted molar refractivity (Wildman–Crippen MR) is 67.8 cm³/mol. The molecule has 1 aliphatic heterocycles. The highest BCUT2D eigenvalue weighted by Gasteiger charge is 2.28. The third-order valence-corrected chi connectivity index (χ3v) is 4.04. The number of aromatic nitrogens is 1. The fourth-order valence-electron chi connectivity index (χ4n) is 1.93. The van der Waals surface area contributed by atoms with Crippen LogP contribution < -0.4 is 5.14 Å². The van der Waals surface area contributed by atoms with Crippen molar-refractivity contribution in [2.75, 3.05) is 33.3 Å². The number of carbonyl (C=O) groups is 1. The molecule has 20 heavy (non-hydrogen) atoms. The zero-order valence-corrected chi connectivity index (χ0v) is 11.8. The zero-order chi connectivity index (χ0) is 14.8. The molecule has 2 N–H and O–H groups in total. The Hall–Kier alpha value is -1.49. The summed E-state index contributed by atoms with van der Waals surface area (Å²) in [5, 5.41) is 8.71. The number of hydrogen-bond donors (Lipinski definition) is 1. The van der Waals surface area contributed by atoms with E-state index < -0.39 is 10.2 Å². The molecule has 0 bridgehead atoms. The second-order valence-corrected chi connectivity index (χ2v) is 5.89. The highest BCUT2D eigenvalue weighted by molar-refractivity contribution is 7.86. The van der Waals surface area contributed by atoms with Crippen LogP contribution in [0.4, 0.5) is 0 Å². The molecule has 9 nitrogen and oxygen atoms in total. The lowest BCUT2D eigenvalue weighted by Gasteiger charge is -2.32. The van der Waals surface area contributed by atoms with Gasteiger partial charge in [-0.25, -0.2) is 5.14 Å². The molecule has 0 unspecified atom stereocenters. The maximum atomic E-state index is 12.1. The van der Waals surface area contributed by atoms with Gasteiger partial charge in [0.2, 0.25) is 0 Å². The summed E-state index contributed by atoms with van der Waals surface area (Å²) in [5.74, 6) is 0.157. The minimum Gasteiger partial charge on any atom is -0.377 e. The Morgan fingerprint density at radius 2 is 2.10 bits per heavy atom. The summed E-state index contributed by atoms with van der Waals surface area (Å²) in [4.78, 5) is 13.6. The molecule has 10 heteroatoms. The van der Waals surface area contributed by atoms with E-state index in [1.807, 2.05) is 0 Å². The molecule has 1 fully saturated rings. The summed E-state index contributed by atoms with van der Waals surface area (Å²) in [6, 6.07) is 1.51. The summed E-state index contributed by atoms with van der Waals surface area (Å²) in [7, 11) is -2.19. The number of methoxy groups -OCH3 is 1. The molecule has 2 rings (SSSR count). The smallest absolute Gasteiger partial charge is 0.277 e. The average molecular weight is 304 g/mol. The van der Waals surface area contributed by atoms with Crippen molar-refractivity contribution in [1.82, 2.24) is 14.4 Å². The van der Waals surface area contributed by atoms with Crippen LogP contribution in [0.2, 0.25) is 0 Å². The van der Waals surface area contributed by atoms with Crippen LogP contribution in [0, 0.1) is 0 Å². The molecule has 1 aromatic rings. The Labute approximate surface area is 116 Å². The Morgan fingerprint density at radius 1 is 1.45 bits per heavy atom. The van der Waals surface area contributed by atoms with E-state index in [-0.39, 0.29) is 44.4 Å². The lowest BCUT2D eigenvalue weighted by Crippen LogP contribution is -2.52. The van der Waals surface area contributed by atoms with Crippen molar-refractivity contribution >= 4 is 16.1 Å². The van der Waals surface area contributed by atoms with E-state index in [1.54, 1.807) is 0 Å². The Balaban J connectivity index is 1.97. The molecule has 0 radical (unpaired) electrons. The molecule has 1 saturated heterocycles. The third-order valence-electron chi connectivity index (χ3n) is 2.95. The first-order valence-electron chi connectivity index (χ1n) is 5.93. The van der Waals surface area contributed by atoms with Gasteiger partial charge >= 0.3 is 0 Å². The van der Waals surface area contributed by atoms with Crippen molar-refractivity contribution in [1.29, 1.82) is 0 Å². The van der Waals surface area contributed by atoms with Crippen LogP contribution in [0.15, 0.2) is 10.6 Å². The van der Waals surface area contributed by atoms with Crippen molar-refractivity contribution in [2.24, 2.45) is 5.14 Å². The number of piperazine rings is 1. The summed E-state index contributed by atoms with van der Waals surface area (Å²) < 4.78 is 33.3. The molecule has 0 spiro atoms. The van der Waals surface area contributed by atoms with Crippen LogP contribution in [-0.4, -0.2) is 62.0 Å². The van der Waals surface area contributed by atoms with E-state index in [0.29, 0.717) is 5.76 Å². The second kappa shape index (κ2) is 5.87. The zero-order valence-electron chi connectivity index (χ0n) is 11.0. The van der Waals surface area contributed by atoms with E-state index >= 15 is 0 Å². The number of amides is 1. The number of hydrogen-bond acceptors (Lipinski definition) is 6. The standard InChI is InChI=1S/C10H16N4O5S/c1-18-7-8-6-9(12-19-8)10(15)13-2-4-14(5-3-13)20(11,16)17/h6H,2-5,7H2,1H3,(H2,11,16,17). The van der Waals surface area contributed by atoms with E-state index in [9.17, 15) is 13.2 Å². The Kier molecular flexibility index (Phi) is 4.38. The lowest BCUT2D eigenvalue weighted by atomic mass is 10.3. The van der Waals surface area contributed by atoms with Crippen molar-refractivity contribution < 1.29 is 22.5 Å². The van der Waals surface area contributed by atoms with Gasteiger partial charge in [0.1, 0.15) is 6.61 Å². The van der Waals surface area contributed by atoms with E-state index in [1.165, 1.54) is 18.1 Å². The molecule has 112 valence electrons. The molecule has 1 aromatic heterocycles. The van der Waals surface area contributed by atoms with Gasteiger partial charge in [-0.3, -0.25) is 4.79 Å². The van der Waals surface area contributed by atoms with Gasteiger partial charge in [-0.1, -0.05) is 5.16 Å². The summed E-state index contributed by atoms with van der Waals surface area (Å²) >= 11 is 0. The first-order valence-corrected chi connectivity index (χ1v) is 7.44. The molecule has 1 aliphatic rings. The first-order chi connectivity index (χ1) is 9.41. The number of nitrogens with zero attached hydrogens (tertiary/aromatic N) is 3. The van der Waals surface area contributed by atoms with Crippen LogP contribution in [0.3, 0.4) is 0 Å². The van der Waals surface area contributed by atoms with Gasteiger partial charge in [-0.2, -0.15) is 12.7 Å². The Bertz CT molecular complexity index is 576. The summed E-state index contributed by atoms with van der Waals surface area (Å²) in [6.07, 6.45) is 0. The SMILES string of the molecule is COCc1cc(C(=O)N2CCN(S(N)(=O)=O)CC2)no1. The van der Waals surface area contributed by atoms with Crippen molar-refractivity contribution in [2.45, 2.75) is 6.61 Å². The fourth-order valence-corrected chi connectivity index (χ4v) is 2.60. The number of nitrogens with two attached hydrogens (primary N) is 1. The van der Waals surface area contributed by atoms with Crippen molar-refractivity contribution in [3.05, 3.63) is 17.5 Å². The minimum absolute atomic E-state index is 0.174. The highest BCUT2D eigenvalue weighted by Crippen LogP contribution is 2.11. The minimum atomic E-state index is -3.70. The van der Waals surface area contributed by atoms with Gasteiger partial charge in [0.15, 0.2) is 11.5 Å². The number of ether oxygens (including phenoxy) is 1. The quantitative estimate of drug-likeness (QED) is 0.745. The van der Waals surface area contributed by atoms with Gasteiger partial charge in [-0.05, 0) is 0 Å². The number of rotatable bonds is 4.